The maximum absolute atomic E-state index is 11.9. The summed E-state index contributed by atoms with van der Waals surface area (Å²) in [6, 6.07) is 7.08. The van der Waals surface area contributed by atoms with Crippen LogP contribution in [0.15, 0.2) is 24.3 Å². The quantitative estimate of drug-likeness (QED) is 0.781. The lowest BCUT2D eigenvalue weighted by Crippen LogP contribution is -2.43. The van der Waals surface area contributed by atoms with Crippen molar-refractivity contribution in [2.75, 3.05) is 18.1 Å². The van der Waals surface area contributed by atoms with Gasteiger partial charge in [-0.2, -0.15) is 0 Å². The summed E-state index contributed by atoms with van der Waals surface area (Å²) in [5.41, 5.74) is 0.270. The standard InChI is InChI=1S/C17H22O6S/c1-2-23-15(18)7-6-13-4-3-5-14(12-13)17(16(19)20)8-10-24(21,22)11-9-17/h3-5,12H,2,6-11H2,1H3,(H,19,20). The fraction of sp³-hybridized carbons (Fsp3) is 0.529. The van der Waals surface area contributed by atoms with Crippen LogP contribution in [-0.2, 0) is 36.0 Å². The first-order chi connectivity index (χ1) is 11.3. The number of carboxylic acid groups (broad SMARTS) is 1. The summed E-state index contributed by atoms with van der Waals surface area (Å²) in [5, 5.41) is 9.72. The predicted octanol–water partition coefficient (Wildman–Crippen LogP) is 1.71. The van der Waals surface area contributed by atoms with Crippen molar-refractivity contribution in [3.63, 3.8) is 0 Å². The van der Waals surface area contributed by atoms with Gasteiger partial charge in [0.1, 0.15) is 9.84 Å². The van der Waals surface area contributed by atoms with Crippen molar-refractivity contribution >= 4 is 21.8 Å². The van der Waals surface area contributed by atoms with E-state index < -0.39 is 21.2 Å². The van der Waals surface area contributed by atoms with Crippen LogP contribution in [0.25, 0.3) is 0 Å². The van der Waals surface area contributed by atoms with Gasteiger partial charge in [-0.25, -0.2) is 8.42 Å². The molecule has 132 valence electrons. The second-order valence-electron chi connectivity index (χ2n) is 6.04. The summed E-state index contributed by atoms with van der Waals surface area (Å²) in [5.74, 6) is -1.53. The van der Waals surface area contributed by atoms with Gasteiger partial charge in [0.05, 0.1) is 23.5 Å². The van der Waals surface area contributed by atoms with Gasteiger partial charge < -0.3 is 9.84 Å². The van der Waals surface area contributed by atoms with Gasteiger partial charge >= 0.3 is 11.9 Å². The molecular formula is C17H22O6S. The van der Waals surface area contributed by atoms with Crippen molar-refractivity contribution in [2.24, 2.45) is 0 Å². The van der Waals surface area contributed by atoms with Crippen molar-refractivity contribution in [3.05, 3.63) is 35.4 Å². The Morgan fingerprint density at radius 2 is 1.92 bits per heavy atom. The molecule has 6 nitrogen and oxygen atoms in total. The topological polar surface area (TPSA) is 97.7 Å². The molecule has 24 heavy (non-hydrogen) atoms. The maximum atomic E-state index is 11.9. The second kappa shape index (κ2) is 7.34. The monoisotopic (exact) mass is 354 g/mol. The van der Waals surface area contributed by atoms with Gasteiger partial charge in [0.25, 0.3) is 0 Å². The predicted molar refractivity (Wildman–Crippen MR) is 88.6 cm³/mol. The summed E-state index contributed by atoms with van der Waals surface area (Å²) in [6.45, 7) is 2.07. The molecule has 1 aliphatic rings. The van der Waals surface area contributed by atoms with Crippen molar-refractivity contribution in [3.8, 4) is 0 Å². The molecule has 1 fully saturated rings. The number of carbonyl (C=O) groups excluding carboxylic acids is 1. The molecule has 7 heteroatoms. The molecule has 2 rings (SSSR count). The molecule has 1 aromatic carbocycles. The normalized spacial score (nSPS) is 18.7. The highest BCUT2D eigenvalue weighted by Gasteiger charge is 2.45. The van der Waals surface area contributed by atoms with Crippen LogP contribution in [0.5, 0.6) is 0 Å². The Kier molecular flexibility index (Phi) is 5.64. The lowest BCUT2D eigenvalue weighted by molar-refractivity contribution is -0.144. The Bertz CT molecular complexity index is 708. The van der Waals surface area contributed by atoms with E-state index in [0.29, 0.717) is 18.6 Å². The fourth-order valence-corrected chi connectivity index (χ4v) is 4.54. The molecule has 0 aliphatic carbocycles. The molecule has 0 amide bonds. The highest BCUT2D eigenvalue weighted by Crippen LogP contribution is 2.37. The van der Waals surface area contributed by atoms with Crippen molar-refractivity contribution in [1.29, 1.82) is 0 Å². The lowest BCUT2D eigenvalue weighted by Gasteiger charge is -2.33. The molecule has 0 saturated carbocycles. The first-order valence-electron chi connectivity index (χ1n) is 7.98. The Balaban J connectivity index is 2.21. The van der Waals surface area contributed by atoms with E-state index in [1.165, 1.54) is 0 Å². The third kappa shape index (κ3) is 4.14. The third-order valence-corrected chi connectivity index (χ3v) is 6.14. The van der Waals surface area contributed by atoms with Crippen LogP contribution in [0, 0.1) is 0 Å². The Hall–Kier alpha value is -1.89. The van der Waals surface area contributed by atoms with E-state index in [0.717, 1.165) is 5.56 Å². The number of aryl methyl sites for hydroxylation is 1. The minimum Gasteiger partial charge on any atom is -0.481 e. The molecule has 0 unspecified atom stereocenters. The molecule has 0 bridgehead atoms. The van der Waals surface area contributed by atoms with E-state index in [1.807, 2.05) is 6.07 Å². The van der Waals surface area contributed by atoms with Crippen LogP contribution in [0.2, 0.25) is 0 Å². The zero-order valence-corrected chi connectivity index (χ0v) is 14.5. The van der Waals surface area contributed by atoms with E-state index in [9.17, 15) is 23.1 Å². The van der Waals surface area contributed by atoms with Crippen LogP contribution in [0.3, 0.4) is 0 Å². The SMILES string of the molecule is CCOC(=O)CCc1cccc(C2(C(=O)O)CCS(=O)(=O)CC2)c1. The van der Waals surface area contributed by atoms with Crippen molar-refractivity contribution in [2.45, 2.75) is 38.0 Å². The number of carbonyl (C=O) groups is 2. The summed E-state index contributed by atoms with van der Waals surface area (Å²) in [4.78, 5) is 23.3. The van der Waals surface area contributed by atoms with Crippen LogP contribution in [0.1, 0.15) is 37.3 Å². The highest BCUT2D eigenvalue weighted by molar-refractivity contribution is 7.91. The number of aliphatic carboxylic acids is 1. The Labute approximate surface area is 141 Å². The molecule has 1 aromatic rings. The smallest absolute Gasteiger partial charge is 0.314 e. The zero-order chi connectivity index (χ0) is 17.8. The highest BCUT2D eigenvalue weighted by atomic mass is 32.2. The van der Waals surface area contributed by atoms with Crippen molar-refractivity contribution in [1.82, 2.24) is 0 Å². The lowest BCUT2D eigenvalue weighted by atomic mass is 9.75. The molecule has 1 N–H and O–H groups in total. The molecule has 0 aromatic heterocycles. The maximum Gasteiger partial charge on any atom is 0.314 e. The van der Waals surface area contributed by atoms with Gasteiger partial charge in [0.2, 0.25) is 0 Å². The molecule has 0 atom stereocenters. The van der Waals surface area contributed by atoms with Crippen LogP contribution in [-0.4, -0.2) is 43.6 Å². The third-order valence-electron chi connectivity index (χ3n) is 4.49. The van der Waals surface area contributed by atoms with Gasteiger partial charge in [0, 0.05) is 6.42 Å². The van der Waals surface area contributed by atoms with E-state index in [2.05, 4.69) is 0 Å². The number of hydrogen-bond acceptors (Lipinski definition) is 5. The zero-order valence-electron chi connectivity index (χ0n) is 13.7. The van der Waals surface area contributed by atoms with Gasteiger partial charge in [0.15, 0.2) is 0 Å². The van der Waals surface area contributed by atoms with E-state index in [-0.39, 0.29) is 36.7 Å². The van der Waals surface area contributed by atoms with E-state index >= 15 is 0 Å². The van der Waals surface area contributed by atoms with Gasteiger partial charge in [-0.05, 0) is 37.3 Å². The molecule has 1 aliphatic heterocycles. The number of carboxylic acids is 1. The fourth-order valence-electron chi connectivity index (χ4n) is 3.02. The molecule has 1 saturated heterocycles. The summed E-state index contributed by atoms with van der Waals surface area (Å²) in [6.07, 6.45) is 0.838. The number of sulfone groups is 1. The minimum absolute atomic E-state index is 0.0754. The van der Waals surface area contributed by atoms with Gasteiger partial charge in [-0.3, -0.25) is 9.59 Å². The summed E-state index contributed by atoms with van der Waals surface area (Å²) >= 11 is 0. The molecule has 1 heterocycles. The summed E-state index contributed by atoms with van der Waals surface area (Å²) in [7, 11) is -3.16. The largest absolute Gasteiger partial charge is 0.481 e. The minimum atomic E-state index is -3.16. The van der Waals surface area contributed by atoms with Crippen LogP contribution < -0.4 is 0 Å². The van der Waals surface area contributed by atoms with Gasteiger partial charge in [-0.15, -0.1) is 0 Å². The Morgan fingerprint density at radius 1 is 1.25 bits per heavy atom. The molecule has 0 radical (unpaired) electrons. The first kappa shape index (κ1) is 18.4. The number of rotatable bonds is 6. The average Bonchev–Trinajstić information content (AvgIpc) is 2.53. The summed E-state index contributed by atoms with van der Waals surface area (Å²) < 4.78 is 28.2. The van der Waals surface area contributed by atoms with E-state index in [4.69, 9.17) is 4.74 Å². The first-order valence-corrected chi connectivity index (χ1v) is 9.80. The average molecular weight is 354 g/mol. The number of esters is 1. The number of benzene rings is 1. The van der Waals surface area contributed by atoms with Crippen LogP contribution in [0.4, 0.5) is 0 Å². The van der Waals surface area contributed by atoms with Gasteiger partial charge in [-0.1, -0.05) is 24.3 Å². The van der Waals surface area contributed by atoms with Crippen LogP contribution >= 0.6 is 0 Å². The number of hydrogen-bond donors (Lipinski definition) is 1. The molecular weight excluding hydrogens is 332 g/mol. The van der Waals surface area contributed by atoms with Crippen molar-refractivity contribution < 1.29 is 27.9 Å². The molecule has 0 spiro atoms. The number of ether oxygens (including phenoxy) is 1. The van der Waals surface area contributed by atoms with E-state index in [1.54, 1.807) is 25.1 Å². The Morgan fingerprint density at radius 3 is 2.50 bits per heavy atom. The second-order valence-corrected chi connectivity index (χ2v) is 8.35.